The predicted molar refractivity (Wildman–Crippen MR) is 120 cm³/mol. The normalized spacial score (nSPS) is 19.1. The monoisotopic (exact) mass is 446 g/mol. The molecular weight excluding hydrogens is 415 g/mol. The van der Waals surface area contributed by atoms with Gasteiger partial charge in [0.05, 0.1) is 16.9 Å². The third-order valence-corrected chi connectivity index (χ3v) is 7.72. The second-order valence-electron chi connectivity index (χ2n) is 9.26. The molecule has 31 heavy (non-hydrogen) atoms. The molecule has 0 bridgehead atoms. The first-order valence-electron chi connectivity index (χ1n) is 10.6. The van der Waals surface area contributed by atoms with Crippen molar-refractivity contribution >= 4 is 15.9 Å². The zero-order chi connectivity index (χ0) is 22.8. The SMILES string of the molecule is C[C@H](NC(=O)[C@H]1CCCN(S(=O)(=O)c2ccc(F)cc2)C1)c1ccc(C(C)(C)C)cc1. The topological polar surface area (TPSA) is 66.5 Å². The van der Waals surface area contributed by atoms with E-state index in [1.54, 1.807) is 0 Å². The molecule has 1 fully saturated rings. The van der Waals surface area contributed by atoms with Crippen molar-refractivity contribution in [3.63, 3.8) is 0 Å². The van der Waals surface area contributed by atoms with Gasteiger partial charge in [-0.15, -0.1) is 0 Å². The molecule has 5 nitrogen and oxygen atoms in total. The van der Waals surface area contributed by atoms with E-state index in [1.165, 1.54) is 22.0 Å². The maximum absolute atomic E-state index is 13.2. The minimum Gasteiger partial charge on any atom is -0.349 e. The van der Waals surface area contributed by atoms with Crippen LogP contribution in [0.4, 0.5) is 4.39 Å². The van der Waals surface area contributed by atoms with Crippen LogP contribution in [-0.2, 0) is 20.2 Å². The Morgan fingerprint density at radius 1 is 1.10 bits per heavy atom. The van der Waals surface area contributed by atoms with Gasteiger partial charge in [-0.3, -0.25) is 4.79 Å². The lowest BCUT2D eigenvalue weighted by atomic mass is 9.86. The third kappa shape index (κ3) is 5.52. The van der Waals surface area contributed by atoms with Crippen molar-refractivity contribution in [1.82, 2.24) is 9.62 Å². The molecule has 1 aliphatic rings. The Morgan fingerprint density at radius 3 is 2.29 bits per heavy atom. The molecule has 2 aromatic rings. The molecule has 3 rings (SSSR count). The Labute approximate surface area is 184 Å². The van der Waals surface area contributed by atoms with Crippen molar-refractivity contribution in [1.29, 1.82) is 0 Å². The van der Waals surface area contributed by atoms with E-state index in [-0.39, 0.29) is 28.8 Å². The molecule has 0 aliphatic carbocycles. The van der Waals surface area contributed by atoms with Gasteiger partial charge in [0.1, 0.15) is 5.82 Å². The van der Waals surface area contributed by atoms with Crippen molar-refractivity contribution < 1.29 is 17.6 Å². The molecule has 0 spiro atoms. The number of carbonyl (C=O) groups excluding carboxylic acids is 1. The molecule has 1 N–H and O–H groups in total. The first-order chi connectivity index (χ1) is 14.5. The summed E-state index contributed by atoms with van der Waals surface area (Å²) >= 11 is 0. The van der Waals surface area contributed by atoms with Gasteiger partial charge < -0.3 is 5.32 Å². The summed E-state index contributed by atoms with van der Waals surface area (Å²) in [6.45, 7) is 8.88. The van der Waals surface area contributed by atoms with Gasteiger partial charge in [0.2, 0.25) is 15.9 Å². The van der Waals surface area contributed by atoms with E-state index < -0.39 is 21.8 Å². The molecule has 2 aromatic carbocycles. The van der Waals surface area contributed by atoms with Crippen LogP contribution in [0.3, 0.4) is 0 Å². The third-order valence-electron chi connectivity index (χ3n) is 5.84. The molecule has 0 saturated carbocycles. The van der Waals surface area contributed by atoms with Gasteiger partial charge in [-0.1, -0.05) is 45.0 Å². The second kappa shape index (κ2) is 9.09. The zero-order valence-corrected chi connectivity index (χ0v) is 19.4. The fourth-order valence-corrected chi connectivity index (χ4v) is 5.34. The largest absolute Gasteiger partial charge is 0.349 e. The maximum atomic E-state index is 13.2. The fourth-order valence-electron chi connectivity index (χ4n) is 3.82. The number of hydrogen-bond acceptors (Lipinski definition) is 3. The molecule has 1 heterocycles. The summed E-state index contributed by atoms with van der Waals surface area (Å²) in [6.07, 6.45) is 1.24. The number of halogens is 1. The van der Waals surface area contributed by atoms with E-state index in [9.17, 15) is 17.6 Å². The lowest BCUT2D eigenvalue weighted by molar-refractivity contribution is -0.126. The lowest BCUT2D eigenvalue weighted by Gasteiger charge is -2.32. The Hall–Kier alpha value is -2.25. The summed E-state index contributed by atoms with van der Waals surface area (Å²) in [5.41, 5.74) is 2.30. The van der Waals surface area contributed by atoms with Crippen LogP contribution in [0.25, 0.3) is 0 Å². The number of nitrogens with zero attached hydrogens (tertiary/aromatic N) is 1. The summed E-state index contributed by atoms with van der Waals surface area (Å²) in [4.78, 5) is 12.9. The Balaban J connectivity index is 1.66. The fraction of sp³-hybridized carbons (Fsp3) is 0.458. The van der Waals surface area contributed by atoms with Crippen molar-refractivity contribution in [2.75, 3.05) is 13.1 Å². The van der Waals surface area contributed by atoms with Crippen molar-refractivity contribution in [3.8, 4) is 0 Å². The molecule has 1 amide bonds. The van der Waals surface area contributed by atoms with Crippen molar-refractivity contribution in [3.05, 3.63) is 65.5 Å². The first kappa shape index (κ1) is 23.4. The molecule has 2 atom stereocenters. The minimum absolute atomic E-state index is 0.0438. The summed E-state index contributed by atoms with van der Waals surface area (Å²) in [6, 6.07) is 12.8. The quantitative estimate of drug-likeness (QED) is 0.740. The van der Waals surface area contributed by atoms with Crippen molar-refractivity contribution in [2.45, 2.75) is 56.9 Å². The van der Waals surface area contributed by atoms with E-state index in [4.69, 9.17) is 0 Å². The van der Waals surface area contributed by atoms with E-state index in [0.29, 0.717) is 19.4 Å². The summed E-state index contributed by atoms with van der Waals surface area (Å²) < 4.78 is 40.3. The van der Waals surface area contributed by atoms with Gasteiger partial charge in [0.25, 0.3) is 0 Å². The first-order valence-corrected chi connectivity index (χ1v) is 12.1. The smallest absolute Gasteiger partial charge is 0.243 e. The second-order valence-corrected chi connectivity index (χ2v) is 11.2. The van der Waals surface area contributed by atoms with Gasteiger partial charge in [0.15, 0.2) is 0 Å². The number of carbonyl (C=O) groups is 1. The average Bonchev–Trinajstić information content (AvgIpc) is 2.73. The molecule has 0 unspecified atom stereocenters. The predicted octanol–water partition coefficient (Wildman–Crippen LogP) is 4.40. The zero-order valence-electron chi connectivity index (χ0n) is 18.6. The Bertz CT molecular complexity index is 1010. The maximum Gasteiger partial charge on any atom is 0.243 e. The van der Waals surface area contributed by atoms with Crippen LogP contribution in [0.5, 0.6) is 0 Å². The average molecular weight is 447 g/mol. The number of rotatable bonds is 5. The summed E-state index contributed by atoms with van der Waals surface area (Å²) in [5.74, 6) is -1.05. The number of amides is 1. The van der Waals surface area contributed by atoms with Crippen LogP contribution >= 0.6 is 0 Å². The van der Waals surface area contributed by atoms with Gasteiger partial charge in [-0.2, -0.15) is 4.31 Å². The van der Waals surface area contributed by atoms with Crippen LogP contribution < -0.4 is 5.32 Å². The molecule has 168 valence electrons. The number of hydrogen-bond donors (Lipinski definition) is 1. The molecular formula is C24H31FN2O3S. The number of benzene rings is 2. The highest BCUT2D eigenvalue weighted by Crippen LogP contribution is 2.26. The Kier molecular flexibility index (Phi) is 6.86. The number of piperidine rings is 1. The molecule has 0 aromatic heterocycles. The highest BCUT2D eigenvalue weighted by Gasteiger charge is 2.33. The van der Waals surface area contributed by atoms with E-state index in [2.05, 4.69) is 38.2 Å². The van der Waals surface area contributed by atoms with Crippen molar-refractivity contribution in [2.24, 2.45) is 5.92 Å². The highest BCUT2D eigenvalue weighted by atomic mass is 32.2. The molecule has 7 heteroatoms. The molecule has 1 saturated heterocycles. The van der Waals surface area contributed by atoms with Crippen LogP contribution in [-0.4, -0.2) is 31.7 Å². The molecule has 0 radical (unpaired) electrons. The van der Waals surface area contributed by atoms with Crippen LogP contribution in [0.2, 0.25) is 0 Å². The number of nitrogens with one attached hydrogen (secondary N) is 1. The minimum atomic E-state index is -3.76. The van der Waals surface area contributed by atoms with Gasteiger partial charge >= 0.3 is 0 Å². The van der Waals surface area contributed by atoms with Gasteiger partial charge in [-0.05, 0) is 60.6 Å². The van der Waals surface area contributed by atoms with E-state index in [0.717, 1.165) is 17.7 Å². The van der Waals surface area contributed by atoms with Crippen LogP contribution in [0.15, 0.2) is 53.4 Å². The summed E-state index contributed by atoms with van der Waals surface area (Å²) in [7, 11) is -3.76. The van der Waals surface area contributed by atoms with E-state index >= 15 is 0 Å². The highest BCUT2D eigenvalue weighted by molar-refractivity contribution is 7.89. The van der Waals surface area contributed by atoms with E-state index in [1.807, 2.05) is 19.1 Å². The lowest BCUT2D eigenvalue weighted by Crippen LogP contribution is -2.45. The van der Waals surface area contributed by atoms with Gasteiger partial charge in [-0.25, -0.2) is 12.8 Å². The number of sulfonamides is 1. The van der Waals surface area contributed by atoms with Crippen LogP contribution in [0, 0.1) is 11.7 Å². The van der Waals surface area contributed by atoms with Crippen LogP contribution in [0.1, 0.15) is 57.7 Å². The van der Waals surface area contributed by atoms with Gasteiger partial charge in [0, 0.05) is 13.1 Å². The molecule has 1 aliphatic heterocycles. The summed E-state index contributed by atoms with van der Waals surface area (Å²) in [5, 5.41) is 3.03. The standard InChI is InChI=1S/C24H31FN2O3S/c1-17(18-7-9-20(10-8-18)24(2,3)4)26-23(28)19-6-5-15-27(16-19)31(29,30)22-13-11-21(25)12-14-22/h7-14,17,19H,5-6,15-16H2,1-4H3,(H,26,28)/t17-,19-/m0/s1. The Morgan fingerprint density at radius 2 is 1.71 bits per heavy atom.